The molecule has 0 aliphatic carbocycles. The van der Waals surface area contributed by atoms with E-state index >= 15 is 0 Å². The maximum absolute atomic E-state index is 7.80. The van der Waals surface area contributed by atoms with E-state index in [1.165, 1.54) is 7.05 Å². The quantitative estimate of drug-likeness (QED) is 0.312. The molecule has 0 amide bonds. The van der Waals surface area contributed by atoms with Crippen molar-refractivity contribution in [2.75, 3.05) is 7.05 Å². The van der Waals surface area contributed by atoms with Gasteiger partial charge in [-0.25, -0.2) is 0 Å². The van der Waals surface area contributed by atoms with Crippen LogP contribution in [0.2, 0.25) is 0 Å². The van der Waals surface area contributed by atoms with Gasteiger partial charge in [0, 0.05) is 7.05 Å². The van der Waals surface area contributed by atoms with Crippen LogP contribution in [0.1, 0.15) is 0 Å². The molecule has 0 bridgehead atoms. The van der Waals surface area contributed by atoms with E-state index < -0.39 is 0 Å². The van der Waals surface area contributed by atoms with Crippen LogP contribution < -0.4 is 5.32 Å². The number of hydrogen-bond acceptors (Lipinski definition) is 2. The molecule has 0 spiro atoms. The van der Waals surface area contributed by atoms with E-state index in [9.17, 15) is 0 Å². The lowest BCUT2D eigenvalue weighted by Gasteiger charge is -1.81. The minimum atomic E-state index is -0.102. The zero-order valence-corrected chi connectivity index (χ0v) is 3.45. The molecule has 0 fully saturated rings. The summed E-state index contributed by atoms with van der Waals surface area (Å²) in [5, 5.41) is 16.6. The molecule has 0 aliphatic rings. The summed E-state index contributed by atoms with van der Waals surface area (Å²) in [6, 6.07) is 1.59. The molecule has 0 atom stereocenters. The second-order valence-electron chi connectivity index (χ2n) is 0.737. The van der Waals surface area contributed by atoms with Crippen molar-refractivity contribution in [3.8, 4) is 6.07 Å². The summed E-state index contributed by atoms with van der Waals surface area (Å²) in [5.41, 5.74) is 0. The minimum absolute atomic E-state index is 0.102. The summed E-state index contributed by atoms with van der Waals surface area (Å²) in [4.78, 5) is 0. The Kier molecular flexibility index (Phi) is 1.83. The molecule has 0 aromatic heterocycles. The van der Waals surface area contributed by atoms with Crippen LogP contribution in [0.3, 0.4) is 0 Å². The summed E-state index contributed by atoms with van der Waals surface area (Å²) < 4.78 is 0. The Morgan fingerprint density at radius 2 is 2.50 bits per heavy atom. The second kappa shape index (κ2) is 2.21. The van der Waals surface area contributed by atoms with Crippen LogP contribution in [0.4, 0.5) is 0 Å². The molecule has 0 aliphatic heterocycles. The third-order valence-electron chi connectivity index (χ3n) is 0.362. The van der Waals surface area contributed by atoms with Gasteiger partial charge < -0.3 is 5.32 Å². The molecule has 2 N–H and O–H groups in total. The highest BCUT2D eigenvalue weighted by Crippen LogP contribution is 1.49. The Labute approximate surface area is 36.1 Å². The number of nitrogens with zero attached hydrogens (tertiary/aromatic N) is 1. The van der Waals surface area contributed by atoms with Crippen LogP contribution in [0.15, 0.2) is 0 Å². The first-order valence-electron chi connectivity index (χ1n) is 1.47. The highest BCUT2D eigenvalue weighted by Gasteiger charge is 1.77. The van der Waals surface area contributed by atoms with Crippen molar-refractivity contribution < 1.29 is 0 Å². The average Bonchev–Trinajstić information content (AvgIpc) is 1.65. The topological polar surface area (TPSA) is 59.7 Å². The number of hydrogen-bond donors (Lipinski definition) is 2. The van der Waals surface area contributed by atoms with Crippen molar-refractivity contribution in [3.05, 3.63) is 0 Å². The van der Waals surface area contributed by atoms with Gasteiger partial charge in [-0.1, -0.05) is 0 Å². The third kappa shape index (κ3) is 1.30. The molecule has 0 saturated heterocycles. The van der Waals surface area contributed by atoms with Crippen molar-refractivity contribution in [2.45, 2.75) is 0 Å². The van der Waals surface area contributed by atoms with Crippen LogP contribution in [-0.4, -0.2) is 12.9 Å². The monoisotopic (exact) mass is 83.0 g/mol. The van der Waals surface area contributed by atoms with Gasteiger partial charge in [-0.05, 0) is 0 Å². The Hall–Kier alpha value is -1.04. The van der Waals surface area contributed by atoms with Crippen molar-refractivity contribution in [1.29, 1.82) is 10.7 Å². The fourth-order valence-electron chi connectivity index (χ4n) is 0.0559. The van der Waals surface area contributed by atoms with Crippen LogP contribution in [0.5, 0.6) is 0 Å². The molecule has 0 unspecified atom stereocenters. The summed E-state index contributed by atoms with van der Waals surface area (Å²) in [5.74, 6) is -0.102. The van der Waals surface area contributed by atoms with Crippen LogP contribution >= 0.6 is 0 Å². The summed E-state index contributed by atoms with van der Waals surface area (Å²) in [6.45, 7) is 0. The first kappa shape index (κ1) is 4.96. The van der Waals surface area contributed by atoms with Crippen LogP contribution in [-0.2, 0) is 0 Å². The van der Waals surface area contributed by atoms with E-state index in [0.717, 1.165) is 0 Å². The van der Waals surface area contributed by atoms with Gasteiger partial charge in [-0.15, -0.1) is 0 Å². The highest BCUT2D eigenvalue weighted by molar-refractivity contribution is 5.93. The molecule has 0 saturated carbocycles. The van der Waals surface area contributed by atoms with Crippen LogP contribution in [0.25, 0.3) is 0 Å². The number of amidine groups is 1. The van der Waals surface area contributed by atoms with E-state index in [1.807, 2.05) is 0 Å². The third-order valence-corrected chi connectivity index (χ3v) is 0.362. The summed E-state index contributed by atoms with van der Waals surface area (Å²) in [7, 11) is 1.53. The molecular weight excluding hydrogens is 78.1 g/mol. The van der Waals surface area contributed by atoms with Crippen molar-refractivity contribution in [3.63, 3.8) is 0 Å². The minimum Gasteiger partial charge on any atom is -0.365 e. The largest absolute Gasteiger partial charge is 0.365 e. The Morgan fingerprint density at radius 1 is 2.00 bits per heavy atom. The molecule has 6 heavy (non-hydrogen) atoms. The number of rotatable bonds is 0. The molecule has 0 aromatic carbocycles. The van der Waals surface area contributed by atoms with E-state index in [4.69, 9.17) is 10.7 Å². The Bertz CT molecular complexity index is 88.7. The van der Waals surface area contributed by atoms with Crippen LogP contribution in [0, 0.1) is 16.7 Å². The lowest BCUT2D eigenvalue weighted by atomic mass is 10.7. The molecular formula is C3H5N3. The lowest BCUT2D eigenvalue weighted by molar-refractivity contribution is 1.16. The predicted molar refractivity (Wildman–Crippen MR) is 22.4 cm³/mol. The standard InChI is InChI=1S/C3H5N3/c1-6-3(5)2-4/h1H3,(H2,5,6). The second-order valence-corrected chi connectivity index (χ2v) is 0.737. The van der Waals surface area contributed by atoms with Gasteiger partial charge in [0.1, 0.15) is 6.07 Å². The van der Waals surface area contributed by atoms with Gasteiger partial charge >= 0.3 is 0 Å². The lowest BCUT2D eigenvalue weighted by Crippen LogP contribution is -2.13. The first-order chi connectivity index (χ1) is 2.81. The molecule has 3 nitrogen and oxygen atoms in total. The number of nitriles is 1. The van der Waals surface area contributed by atoms with Crippen molar-refractivity contribution >= 4 is 5.84 Å². The van der Waals surface area contributed by atoms with Gasteiger partial charge in [0.25, 0.3) is 0 Å². The van der Waals surface area contributed by atoms with E-state index in [-0.39, 0.29) is 5.84 Å². The van der Waals surface area contributed by atoms with E-state index in [2.05, 4.69) is 5.32 Å². The SMILES string of the molecule is CNC(=N)C#N. The predicted octanol–water partition coefficient (Wildman–Crippen LogP) is -0.293. The molecule has 0 aromatic rings. The maximum atomic E-state index is 7.80. The number of nitrogens with one attached hydrogen (secondary N) is 2. The van der Waals surface area contributed by atoms with Crippen molar-refractivity contribution in [1.82, 2.24) is 5.32 Å². The van der Waals surface area contributed by atoms with Gasteiger partial charge in [0.15, 0.2) is 5.84 Å². The maximum Gasteiger partial charge on any atom is 0.198 e. The molecule has 3 heteroatoms. The average molecular weight is 83.1 g/mol. The fraction of sp³-hybridized carbons (Fsp3) is 0.333. The Morgan fingerprint density at radius 3 is 2.50 bits per heavy atom. The fourth-order valence-corrected chi connectivity index (χ4v) is 0.0559. The van der Waals surface area contributed by atoms with Crippen molar-refractivity contribution in [2.24, 2.45) is 0 Å². The normalized spacial score (nSPS) is 6.00. The molecule has 32 valence electrons. The smallest absolute Gasteiger partial charge is 0.198 e. The molecule has 0 radical (unpaired) electrons. The molecule has 0 rings (SSSR count). The zero-order chi connectivity index (χ0) is 4.99. The van der Waals surface area contributed by atoms with E-state index in [0.29, 0.717) is 0 Å². The molecule has 0 heterocycles. The first-order valence-corrected chi connectivity index (χ1v) is 1.47. The zero-order valence-electron chi connectivity index (χ0n) is 3.45. The Balaban J connectivity index is 3.33. The van der Waals surface area contributed by atoms with E-state index in [1.54, 1.807) is 6.07 Å². The van der Waals surface area contributed by atoms with Gasteiger partial charge in [-0.3, -0.25) is 5.41 Å². The van der Waals surface area contributed by atoms with Gasteiger partial charge in [-0.2, -0.15) is 5.26 Å². The van der Waals surface area contributed by atoms with Gasteiger partial charge in [0.05, 0.1) is 0 Å². The van der Waals surface area contributed by atoms with Gasteiger partial charge in [0.2, 0.25) is 0 Å². The highest BCUT2D eigenvalue weighted by atomic mass is 14.9. The summed E-state index contributed by atoms with van der Waals surface area (Å²) >= 11 is 0. The summed E-state index contributed by atoms with van der Waals surface area (Å²) in [6.07, 6.45) is 0.